The van der Waals surface area contributed by atoms with Gasteiger partial charge in [-0.3, -0.25) is 4.98 Å². The highest BCUT2D eigenvalue weighted by atomic mass is 16.5. The van der Waals surface area contributed by atoms with E-state index in [-0.39, 0.29) is 0 Å². The van der Waals surface area contributed by atoms with Crippen LogP contribution in [0, 0.1) is 0 Å². The normalized spacial score (nSPS) is 10.5. The Morgan fingerprint density at radius 1 is 1.14 bits per heavy atom. The number of hydrogen-bond acceptors (Lipinski definition) is 4. The standard InChI is InChI=1S/C17H23N3O/c1-2-10-19-14-16-6-3-7-17(20-16)21-13-4-5-15-8-11-18-12-9-15/h3,6-9,11-12,19H,2,4-5,10,13-14H2,1H3. The van der Waals surface area contributed by atoms with Crippen LogP contribution in [0.4, 0.5) is 0 Å². The molecule has 4 nitrogen and oxygen atoms in total. The maximum Gasteiger partial charge on any atom is 0.213 e. The van der Waals surface area contributed by atoms with E-state index in [9.17, 15) is 0 Å². The molecule has 0 spiro atoms. The quantitative estimate of drug-likeness (QED) is 0.720. The van der Waals surface area contributed by atoms with E-state index in [1.807, 2.05) is 42.7 Å². The van der Waals surface area contributed by atoms with Crippen molar-refractivity contribution in [3.8, 4) is 5.88 Å². The fraction of sp³-hybridized carbons (Fsp3) is 0.412. The molecule has 0 aliphatic heterocycles. The van der Waals surface area contributed by atoms with Gasteiger partial charge in [0.15, 0.2) is 0 Å². The van der Waals surface area contributed by atoms with Gasteiger partial charge in [0.2, 0.25) is 5.88 Å². The van der Waals surface area contributed by atoms with Crippen LogP contribution in [-0.4, -0.2) is 23.1 Å². The van der Waals surface area contributed by atoms with Crippen LogP contribution in [-0.2, 0) is 13.0 Å². The molecule has 0 aliphatic rings. The lowest BCUT2D eigenvalue weighted by Gasteiger charge is -2.07. The second-order valence-electron chi connectivity index (χ2n) is 4.95. The fourth-order valence-electron chi connectivity index (χ4n) is 2.03. The summed E-state index contributed by atoms with van der Waals surface area (Å²) in [6.45, 7) is 4.64. The van der Waals surface area contributed by atoms with E-state index >= 15 is 0 Å². The Kier molecular flexibility index (Phi) is 6.68. The van der Waals surface area contributed by atoms with Gasteiger partial charge in [-0.2, -0.15) is 0 Å². The summed E-state index contributed by atoms with van der Waals surface area (Å²) >= 11 is 0. The van der Waals surface area contributed by atoms with Gasteiger partial charge in [-0.15, -0.1) is 0 Å². The lowest BCUT2D eigenvalue weighted by Crippen LogP contribution is -2.15. The Bertz CT molecular complexity index is 516. The number of nitrogens with one attached hydrogen (secondary N) is 1. The Hall–Kier alpha value is -1.94. The molecule has 2 rings (SSSR count). The van der Waals surface area contributed by atoms with Crippen molar-refractivity contribution in [2.24, 2.45) is 0 Å². The fourth-order valence-corrected chi connectivity index (χ4v) is 2.03. The van der Waals surface area contributed by atoms with Crippen molar-refractivity contribution < 1.29 is 4.74 Å². The molecule has 0 saturated carbocycles. The van der Waals surface area contributed by atoms with Crippen molar-refractivity contribution in [3.63, 3.8) is 0 Å². The van der Waals surface area contributed by atoms with Gasteiger partial charge in [-0.05, 0) is 49.6 Å². The zero-order valence-corrected chi connectivity index (χ0v) is 12.6. The van der Waals surface area contributed by atoms with Crippen LogP contribution in [0.1, 0.15) is 31.0 Å². The third kappa shape index (κ3) is 5.92. The van der Waals surface area contributed by atoms with Crippen LogP contribution < -0.4 is 10.1 Å². The van der Waals surface area contributed by atoms with Crippen molar-refractivity contribution in [1.82, 2.24) is 15.3 Å². The smallest absolute Gasteiger partial charge is 0.213 e. The summed E-state index contributed by atoms with van der Waals surface area (Å²) in [6, 6.07) is 10.0. The van der Waals surface area contributed by atoms with Crippen molar-refractivity contribution in [2.75, 3.05) is 13.2 Å². The van der Waals surface area contributed by atoms with Crippen molar-refractivity contribution in [1.29, 1.82) is 0 Å². The summed E-state index contributed by atoms with van der Waals surface area (Å²) in [5.74, 6) is 0.709. The van der Waals surface area contributed by atoms with Gasteiger partial charge >= 0.3 is 0 Å². The van der Waals surface area contributed by atoms with Crippen LogP contribution in [0.2, 0.25) is 0 Å². The Balaban J connectivity index is 1.71. The molecule has 0 saturated heterocycles. The first-order chi connectivity index (χ1) is 10.4. The highest BCUT2D eigenvalue weighted by Crippen LogP contribution is 2.09. The number of pyridine rings is 2. The van der Waals surface area contributed by atoms with E-state index in [1.165, 1.54) is 5.56 Å². The number of rotatable bonds is 9. The maximum atomic E-state index is 5.72. The summed E-state index contributed by atoms with van der Waals surface area (Å²) in [4.78, 5) is 8.51. The molecular weight excluding hydrogens is 262 g/mol. The maximum absolute atomic E-state index is 5.72. The van der Waals surface area contributed by atoms with E-state index in [0.29, 0.717) is 12.5 Å². The van der Waals surface area contributed by atoms with Gasteiger partial charge in [0.1, 0.15) is 0 Å². The first-order valence-corrected chi connectivity index (χ1v) is 7.57. The van der Waals surface area contributed by atoms with Crippen LogP contribution in [0.15, 0.2) is 42.7 Å². The molecule has 4 heteroatoms. The van der Waals surface area contributed by atoms with Gasteiger partial charge in [-0.1, -0.05) is 13.0 Å². The van der Waals surface area contributed by atoms with E-state index in [0.717, 1.165) is 38.0 Å². The second kappa shape index (κ2) is 9.08. The van der Waals surface area contributed by atoms with E-state index in [4.69, 9.17) is 4.74 Å². The minimum atomic E-state index is 0.682. The van der Waals surface area contributed by atoms with Crippen LogP contribution in [0.3, 0.4) is 0 Å². The average molecular weight is 285 g/mol. The van der Waals surface area contributed by atoms with Crippen LogP contribution in [0.5, 0.6) is 5.88 Å². The molecule has 21 heavy (non-hydrogen) atoms. The highest BCUT2D eigenvalue weighted by Gasteiger charge is 1.99. The molecule has 0 radical (unpaired) electrons. The third-order valence-electron chi connectivity index (χ3n) is 3.12. The first-order valence-electron chi connectivity index (χ1n) is 7.57. The van der Waals surface area contributed by atoms with Gasteiger partial charge in [0.25, 0.3) is 0 Å². The molecule has 0 amide bonds. The molecule has 0 aliphatic carbocycles. The number of aryl methyl sites for hydroxylation is 1. The van der Waals surface area contributed by atoms with Crippen molar-refractivity contribution >= 4 is 0 Å². The molecule has 2 aromatic heterocycles. The highest BCUT2D eigenvalue weighted by molar-refractivity contribution is 5.16. The van der Waals surface area contributed by atoms with E-state index < -0.39 is 0 Å². The molecule has 0 unspecified atom stereocenters. The van der Waals surface area contributed by atoms with Gasteiger partial charge < -0.3 is 10.1 Å². The number of ether oxygens (including phenoxy) is 1. The lowest BCUT2D eigenvalue weighted by molar-refractivity contribution is 0.298. The summed E-state index contributed by atoms with van der Waals surface area (Å²) in [7, 11) is 0. The largest absolute Gasteiger partial charge is 0.478 e. The Morgan fingerprint density at radius 2 is 2.00 bits per heavy atom. The molecule has 0 bridgehead atoms. The molecular formula is C17H23N3O. The minimum absolute atomic E-state index is 0.682. The van der Waals surface area contributed by atoms with Crippen molar-refractivity contribution in [2.45, 2.75) is 32.7 Å². The molecule has 0 atom stereocenters. The van der Waals surface area contributed by atoms with E-state index in [2.05, 4.69) is 22.2 Å². The lowest BCUT2D eigenvalue weighted by atomic mass is 10.1. The topological polar surface area (TPSA) is 47.0 Å². The molecule has 112 valence electrons. The molecule has 1 N–H and O–H groups in total. The van der Waals surface area contributed by atoms with E-state index in [1.54, 1.807) is 0 Å². The summed E-state index contributed by atoms with van der Waals surface area (Å²) in [5.41, 5.74) is 2.31. The minimum Gasteiger partial charge on any atom is -0.478 e. The predicted octanol–water partition coefficient (Wildman–Crippen LogP) is 2.99. The van der Waals surface area contributed by atoms with Crippen LogP contribution in [0.25, 0.3) is 0 Å². The van der Waals surface area contributed by atoms with Crippen molar-refractivity contribution in [3.05, 3.63) is 54.0 Å². The zero-order chi connectivity index (χ0) is 14.8. The summed E-state index contributed by atoms with van der Waals surface area (Å²) in [5, 5.41) is 3.34. The number of hydrogen-bond donors (Lipinski definition) is 1. The van der Waals surface area contributed by atoms with Gasteiger partial charge in [0, 0.05) is 25.0 Å². The van der Waals surface area contributed by atoms with Crippen LogP contribution >= 0.6 is 0 Å². The molecule has 0 fully saturated rings. The number of aromatic nitrogens is 2. The first kappa shape index (κ1) is 15.4. The zero-order valence-electron chi connectivity index (χ0n) is 12.6. The SMILES string of the molecule is CCCNCc1cccc(OCCCc2ccncc2)n1. The second-order valence-corrected chi connectivity index (χ2v) is 4.95. The Morgan fingerprint density at radius 3 is 2.81 bits per heavy atom. The summed E-state index contributed by atoms with van der Waals surface area (Å²) in [6.07, 6.45) is 6.75. The Labute approximate surface area is 126 Å². The van der Waals surface area contributed by atoms with Gasteiger partial charge in [-0.25, -0.2) is 4.98 Å². The third-order valence-corrected chi connectivity index (χ3v) is 3.12. The molecule has 2 heterocycles. The molecule has 0 aromatic carbocycles. The predicted molar refractivity (Wildman–Crippen MR) is 84.3 cm³/mol. The molecule has 2 aromatic rings. The average Bonchev–Trinajstić information content (AvgIpc) is 2.53. The summed E-state index contributed by atoms with van der Waals surface area (Å²) < 4.78 is 5.72. The monoisotopic (exact) mass is 285 g/mol. The van der Waals surface area contributed by atoms with Gasteiger partial charge in [0.05, 0.1) is 12.3 Å². The number of nitrogens with zero attached hydrogens (tertiary/aromatic N) is 2.